The van der Waals surface area contributed by atoms with E-state index in [1.54, 1.807) is 17.4 Å². The first-order valence-corrected chi connectivity index (χ1v) is 8.13. The van der Waals surface area contributed by atoms with Crippen LogP contribution in [0, 0.1) is 0 Å². The Morgan fingerprint density at radius 2 is 2.14 bits per heavy atom. The molecular weight excluding hydrogens is 292 g/mol. The third-order valence-electron chi connectivity index (χ3n) is 3.77. The molecule has 0 aliphatic heterocycles. The molecule has 1 N–H and O–H groups in total. The first-order chi connectivity index (χ1) is 10.7. The summed E-state index contributed by atoms with van der Waals surface area (Å²) in [4.78, 5) is 12.5. The second-order valence-electron chi connectivity index (χ2n) is 5.16. The molecule has 0 fully saturated rings. The number of benzene rings is 1. The fourth-order valence-electron chi connectivity index (χ4n) is 2.67. The van der Waals surface area contributed by atoms with Gasteiger partial charge in [-0.25, -0.2) is 0 Å². The molecule has 0 saturated heterocycles. The molecule has 3 rings (SSSR count). The third kappa shape index (κ3) is 2.57. The topological polar surface area (TPSA) is 34.0 Å². The molecule has 112 valence electrons. The summed E-state index contributed by atoms with van der Waals surface area (Å²) in [5, 5.41) is 4.93. The van der Waals surface area contributed by atoms with Crippen LogP contribution in [0.1, 0.15) is 29.0 Å². The molecule has 2 heterocycles. The van der Waals surface area contributed by atoms with Gasteiger partial charge in [0.25, 0.3) is 5.91 Å². The Balaban J connectivity index is 2.08. The monoisotopic (exact) mass is 310 g/mol. The van der Waals surface area contributed by atoms with Crippen molar-refractivity contribution in [2.75, 3.05) is 6.54 Å². The number of aromatic nitrogens is 1. The Bertz CT molecular complexity index is 801. The largest absolute Gasteiger partial charge is 0.347 e. The van der Waals surface area contributed by atoms with Crippen molar-refractivity contribution in [3.05, 3.63) is 71.8 Å². The molecule has 0 aliphatic rings. The van der Waals surface area contributed by atoms with E-state index in [0.717, 1.165) is 10.2 Å². The van der Waals surface area contributed by atoms with E-state index >= 15 is 0 Å². The van der Waals surface area contributed by atoms with Crippen LogP contribution < -0.4 is 5.32 Å². The van der Waals surface area contributed by atoms with Crippen LogP contribution in [-0.4, -0.2) is 17.0 Å². The molecule has 0 radical (unpaired) electrons. The molecule has 1 aromatic carbocycles. The number of rotatable bonds is 5. The van der Waals surface area contributed by atoms with Crippen molar-refractivity contribution in [3.63, 3.8) is 0 Å². The summed E-state index contributed by atoms with van der Waals surface area (Å²) in [7, 11) is 0. The zero-order valence-electron chi connectivity index (χ0n) is 12.5. The summed E-state index contributed by atoms with van der Waals surface area (Å²) in [6.07, 6.45) is 1.69. The number of amides is 1. The van der Waals surface area contributed by atoms with Crippen molar-refractivity contribution < 1.29 is 4.79 Å². The van der Waals surface area contributed by atoms with Crippen LogP contribution in [0.3, 0.4) is 0 Å². The number of hydrogen-bond acceptors (Lipinski definition) is 2. The van der Waals surface area contributed by atoms with Crippen LogP contribution in [-0.2, 0) is 0 Å². The average molecular weight is 310 g/mol. The molecular formula is C18H18N2OS. The van der Waals surface area contributed by atoms with E-state index < -0.39 is 0 Å². The normalized spacial score (nSPS) is 12.2. The zero-order valence-corrected chi connectivity index (χ0v) is 13.3. The summed E-state index contributed by atoms with van der Waals surface area (Å²) < 4.78 is 3.24. The number of thiophene rings is 1. The molecule has 2 aromatic heterocycles. The van der Waals surface area contributed by atoms with Gasteiger partial charge in [-0.2, -0.15) is 0 Å². The average Bonchev–Trinajstić information content (AvgIpc) is 3.13. The first kappa shape index (κ1) is 14.6. The molecule has 3 aromatic rings. The summed E-state index contributed by atoms with van der Waals surface area (Å²) in [6.45, 7) is 6.24. The van der Waals surface area contributed by atoms with Gasteiger partial charge in [0.2, 0.25) is 0 Å². The zero-order chi connectivity index (χ0) is 15.5. The molecule has 0 unspecified atom stereocenters. The number of carbonyl (C=O) groups excluding carboxylic acids is 1. The maximum Gasteiger partial charge on any atom is 0.268 e. The Labute approximate surface area is 133 Å². The van der Waals surface area contributed by atoms with Gasteiger partial charge in [-0.1, -0.05) is 36.4 Å². The van der Waals surface area contributed by atoms with E-state index in [0.29, 0.717) is 12.2 Å². The number of fused-ring (bicyclic) bond motifs is 1. The molecule has 0 aliphatic carbocycles. The standard InChI is InChI=1S/C18H18N2OS/c1-3-10-19-18(21)16-12-17-15(9-11-22-17)20(16)13(2)14-7-5-4-6-8-14/h3-9,11-13H,1,10H2,2H3,(H,19,21)/t13-/m1/s1. The molecule has 0 saturated carbocycles. The van der Waals surface area contributed by atoms with Gasteiger partial charge in [-0.3, -0.25) is 4.79 Å². The smallest absolute Gasteiger partial charge is 0.268 e. The highest BCUT2D eigenvalue weighted by molar-refractivity contribution is 7.17. The van der Waals surface area contributed by atoms with Crippen molar-refractivity contribution in [2.24, 2.45) is 0 Å². The number of carbonyl (C=O) groups is 1. The summed E-state index contributed by atoms with van der Waals surface area (Å²) in [5.41, 5.74) is 2.98. The molecule has 1 atom stereocenters. The molecule has 3 nitrogen and oxygen atoms in total. The SMILES string of the molecule is C=CCNC(=O)c1cc2sccc2n1[C@H](C)c1ccccc1. The summed E-state index contributed by atoms with van der Waals surface area (Å²) in [6, 6.07) is 14.4. The minimum atomic E-state index is -0.0638. The van der Waals surface area contributed by atoms with Crippen molar-refractivity contribution >= 4 is 27.5 Å². The predicted octanol–water partition coefficient (Wildman–Crippen LogP) is 4.23. The van der Waals surface area contributed by atoms with Crippen LogP contribution >= 0.6 is 11.3 Å². The second-order valence-corrected chi connectivity index (χ2v) is 6.10. The maximum absolute atomic E-state index is 12.5. The Kier molecular flexibility index (Phi) is 4.11. The van der Waals surface area contributed by atoms with Gasteiger partial charge in [0.15, 0.2) is 0 Å². The highest BCUT2D eigenvalue weighted by Gasteiger charge is 2.20. The van der Waals surface area contributed by atoms with E-state index in [9.17, 15) is 4.79 Å². The van der Waals surface area contributed by atoms with Gasteiger partial charge >= 0.3 is 0 Å². The first-order valence-electron chi connectivity index (χ1n) is 7.25. The van der Waals surface area contributed by atoms with Crippen molar-refractivity contribution in [1.29, 1.82) is 0 Å². The van der Waals surface area contributed by atoms with Crippen LogP contribution in [0.5, 0.6) is 0 Å². The van der Waals surface area contributed by atoms with Crippen LogP contribution in [0.4, 0.5) is 0 Å². The van der Waals surface area contributed by atoms with Gasteiger partial charge in [-0.05, 0) is 30.0 Å². The lowest BCUT2D eigenvalue weighted by Crippen LogP contribution is -2.26. The van der Waals surface area contributed by atoms with Gasteiger partial charge in [0.05, 0.1) is 16.3 Å². The van der Waals surface area contributed by atoms with Gasteiger partial charge in [0, 0.05) is 6.54 Å². The van der Waals surface area contributed by atoms with E-state index in [4.69, 9.17) is 0 Å². The number of nitrogens with zero attached hydrogens (tertiary/aromatic N) is 1. The maximum atomic E-state index is 12.5. The Hall–Kier alpha value is -2.33. The molecule has 1 amide bonds. The molecule has 0 bridgehead atoms. The lowest BCUT2D eigenvalue weighted by molar-refractivity contribution is 0.0948. The second kappa shape index (κ2) is 6.20. The van der Waals surface area contributed by atoms with Crippen LogP contribution in [0.2, 0.25) is 0 Å². The van der Waals surface area contributed by atoms with Crippen molar-refractivity contribution in [2.45, 2.75) is 13.0 Å². The van der Waals surface area contributed by atoms with E-state index in [1.807, 2.05) is 24.3 Å². The van der Waals surface area contributed by atoms with Gasteiger partial charge < -0.3 is 9.88 Å². The van der Waals surface area contributed by atoms with E-state index in [1.165, 1.54) is 5.56 Å². The fraction of sp³-hybridized carbons (Fsp3) is 0.167. The Morgan fingerprint density at radius 1 is 1.36 bits per heavy atom. The lowest BCUT2D eigenvalue weighted by atomic mass is 10.1. The van der Waals surface area contributed by atoms with Crippen LogP contribution in [0.15, 0.2) is 60.5 Å². The summed E-state index contributed by atoms with van der Waals surface area (Å²) >= 11 is 1.66. The number of hydrogen-bond donors (Lipinski definition) is 1. The van der Waals surface area contributed by atoms with Gasteiger partial charge in [0.1, 0.15) is 5.69 Å². The lowest BCUT2D eigenvalue weighted by Gasteiger charge is -2.18. The van der Waals surface area contributed by atoms with Crippen molar-refractivity contribution in [1.82, 2.24) is 9.88 Å². The summed E-state index contributed by atoms with van der Waals surface area (Å²) in [5.74, 6) is -0.0638. The highest BCUT2D eigenvalue weighted by Crippen LogP contribution is 2.31. The fourth-order valence-corrected chi connectivity index (χ4v) is 3.48. The quantitative estimate of drug-likeness (QED) is 0.703. The van der Waals surface area contributed by atoms with Gasteiger partial charge in [-0.15, -0.1) is 17.9 Å². The minimum Gasteiger partial charge on any atom is -0.347 e. The van der Waals surface area contributed by atoms with E-state index in [2.05, 4.69) is 47.0 Å². The van der Waals surface area contributed by atoms with E-state index in [-0.39, 0.29) is 11.9 Å². The van der Waals surface area contributed by atoms with Crippen LogP contribution in [0.25, 0.3) is 10.2 Å². The third-order valence-corrected chi connectivity index (χ3v) is 4.62. The molecule has 0 spiro atoms. The number of nitrogens with one attached hydrogen (secondary N) is 1. The highest BCUT2D eigenvalue weighted by atomic mass is 32.1. The predicted molar refractivity (Wildman–Crippen MR) is 92.6 cm³/mol. The Morgan fingerprint density at radius 3 is 2.86 bits per heavy atom. The molecule has 22 heavy (non-hydrogen) atoms. The van der Waals surface area contributed by atoms with Crippen molar-refractivity contribution in [3.8, 4) is 0 Å². The minimum absolute atomic E-state index is 0.0638. The molecule has 4 heteroatoms.